The van der Waals surface area contributed by atoms with Crippen LogP contribution >= 0.6 is 15.9 Å². The lowest BCUT2D eigenvalue weighted by molar-refractivity contribution is -0.112. The van der Waals surface area contributed by atoms with Crippen LogP contribution in [-0.4, -0.2) is 5.91 Å². The number of hydrogen-bond donors (Lipinski definition) is 1. The normalized spacial score (nSPS) is 10.9. The SMILES string of the molecule is Cc1ccc(COc2ccc(/C=C(/C#N)C(=O)Nc3cccc(Br)c3)cc2)cc1. The highest BCUT2D eigenvalue weighted by Gasteiger charge is 2.10. The predicted molar refractivity (Wildman–Crippen MR) is 118 cm³/mol. The van der Waals surface area contributed by atoms with Gasteiger partial charge in [0, 0.05) is 10.2 Å². The van der Waals surface area contributed by atoms with Crippen LogP contribution in [0.25, 0.3) is 6.08 Å². The number of anilines is 1. The van der Waals surface area contributed by atoms with Gasteiger partial charge in [-0.2, -0.15) is 5.26 Å². The third-order valence-corrected chi connectivity index (χ3v) is 4.66. The Morgan fingerprint density at radius 2 is 1.83 bits per heavy atom. The van der Waals surface area contributed by atoms with Gasteiger partial charge in [-0.05, 0) is 54.5 Å². The van der Waals surface area contributed by atoms with Gasteiger partial charge in [-0.25, -0.2) is 0 Å². The lowest BCUT2D eigenvalue weighted by Gasteiger charge is -2.07. The van der Waals surface area contributed by atoms with Gasteiger partial charge in [-0.3, -0.25) is 4.79 Å². The number of nitriles is 1. The molecule has 0 unspecified atom stereocenters. The van der Waals surface area contributed by atoms with Crippen LogP contribution in [0, 0.1) is 18.3 Å². The number of benzene rings is 3. The van der Waals surface area contributed by atoms with Gasteiger partial charge in [0.15, 0.2) is 0 Å². The molecule has 0 aliphatic heterocycles. The van der Waals surface area contributed by atoms with E-state index in [-0.39, 0.29) is 5.57 Å². The first-order chi connectivity index (χ1) is 14.0. The van der Waals surface area contributed by atoms with E-state index in [1.165, 1.54) is 5.56 Å². The van der Waals surface area contributed by atoms with E-state index in [9.17, 15) is 10.1 Å². The van der Waals surface area contributed by atoms with Crippen molar-refractivity contribution in [3.05, 3.63) is 99.5 Å². The molecule has 3 aromatic carbocycles. The fraction of sp³-hybridized carbons (Fsp3) is 0.0833. The Morgan fingerprint density at radius 1 is 1.10 bits per heavy atom. The van der Waals surface area contributed by atoms with E-state index in [1.54, 1.807) is 18.2 Å². The molecule has 4 nitrogen and oxygen atoms in total. The Morgan fingerprint density at radius 3 is 2.48 bits per heavy atom. The minimum Gasteiger partial charge on any atom is -0.489 e. The van der Waals surface area contributed by atoms with Gasteiger partial charge in [0.25, 0.3) is 5.91 Å². The Bertz CT molecular complexity index is 1070. The van der Waals surface area contributed by atoms with Crippen molar-refractivity contribution in [3.8, 4) is 11.8 Å². The summed E-state index contributed by atoms with van der Waals surface area (Å²) in [6.45, 7) is 2.53. The van der Waals surface area contributed by atoms with Crippen LogP contribution in [0.15, 0.2) is 82.8 Å². The number of amides is 1. The summed E-state index contributed by atoms with van der Waals surface area (Å²) in [5.74, 6) is 0.269. The fourth-order valence-corrected chi connectivity index (χ4v) is 2.99. The van der Waals surface area contributed by atoms with E-state index in [1.807, 2.05) is 61.5 Å². The average Bonchev–Trinajstić information content (AvgIpc) is 2.72. The number of halogens is 1. The van der Waals surface area contributed by atoms with Gasteiger partial charge < -0.3 is 10.1 Å². The molecule has 0 aliphatic carbocycles. The number of ether oxygens (including phenoxy) is 1. The van der Waals surface area contributed by atoms with Crippen molar-refractivity contribution in [2.24, 2.45) is 0 Å². The zero-order valence-corrected chi connectivity index (χ0v) is 17.4. The fourth-order valence-electron chi connectivity index (χ4n) is 2.59. The molecule has 0 aromatic heterocycles. The van der Waals surface area contributed by atoms with Crippen molar-refractivity contribution in [2.75, 3.05) is 5.32 Å². The molecule has 1 N–H and O–H groups in total. The van der Waals surface area contributed by atoms with Crippen LogP contribution in [0.3, 0.4) is 0 Å². The molecule has 3 aromatic rings. The number of nitrogens with one attached hydrogen (secondary N) is 1. The average molecular weight is 447 g/mol. The van der Waals surface area contributed by atoms with Crippen molar-refractivity contribution >= 4 is 33.6 Å². The molecule has 0 radical (unpaired) electrons. The van der Waals surface area contributed by atoms with E-state index >= 15 is 0 Å². The first-order valence-corrected chi connectivity index (χ1v) is 9.80. The number of hydrogen-bond acceptors (Lipinski definition) is 3. The topological polar surface area (TPSA) is 62.1 Å². The van der Waals surface area contributed by atoms with Crippen LogP contribution in [0.2, 0.25) is 0 Å². The molecular formula is C24H19BrN2O2. The largest absolute Gasteiger partial charge is 0.489 e. The molecule has 0 bridgehead atoms. The Hall–Kier alpha value is -3.36. The second kappa shape index (κ2) is 9.72. The number of rotatable bonds is 6. The highest BCUT2D eigenvalue weighted by molar-refractivity contribution is 9.10. The summed E-state index contributed by atoms with van der Waals surface area (Å²) >= 11 is 3.35. The summed E-state index contributed by atoms with van der Waals surface area (Å²) in [5, 5.41) is 12.1. The molecule has 0 aliphatic rings. The van der Waals surface area contributed by atoms with Gasteiger partial charge in [-0.15, -0.1) is 0 Å². The summed E-state index contributed by atoms with van der Waals surface area (Å²) in [6, 6.07) is 24.6. The van der Waals surface area contributed by atoms with Gasteiger partial charge >= 0.3 is 0 Å². The molecular weight excluding hydrogens is 428 g/mol. The number of nitrogens with zero attached hydrogens (tertiary/aromatic N) is 1. The van der Waals surface area contributed by atoms with Crippen molar-refractivity contribution < 1.29 is 9.53 Å². The second-order valence-corrected chi connectivity index (χ2v) is 7.39. The zero-order valence-electron chi connectivity index (χ0n) is 15.9. The summed E-state index contributed by atoms with van der Waals surface area (Å²) in [5.41, 5.74) is 3.69. The smallest absolute Gasteiger partial charge is 0.266 e. The van der Waals surface area contributed by atoms with Crippen molar-refractivity contribution in [1.82, 2.24) is 0 Å². The summed E-state index contributed by atoms with van der Waals surface area (Å²) in [6.07, 6.45) is 1.55. The van der Waals surface area contributed by atoms with Crippen LogP contribution < -0.4 is 10.1 Å². The highest BCUT2D eigenvalue weighted by Crippen LogP contribution is 2.19. The molecule has 144 valence electrons. The highest BCUT2D eigenvalue weighted by atomic mass is 79.9. The lowest BCUT2D eigenvalue weighted by atomic mass is 10.1. The van der Waals surface area contributed by atoms with Crippen molar-refractivity contribution in [3.63, 3.8) is 0 Å². The van der Waals surface area contributed by atoms with Crippen LogP contribution in [0.1, 0.15) is 16.7 Å². The van der Waals surface area contributed by atoms with Crippen molar-refractivity contribution in [2.45, 2.75) is 13.5 Å². The third kappa shape index (κ3) is 6.06. The van der Waals surface area contributed by atoms with E-state index in [2.05, 4.69) is 33.4 Å². The first kappa shape index (κ1) is 20.4. The lowest BCUT2D eigenvalue weighted by Crippen LogP contribution is -2.13. The molecule has 3 rings (SSSR count). The molecule has 0 spiro atoms. The molecule has 5 heteroatoms. The summed E-state index contributed by atoms with van der Waals surface area (Å²) in [4.78, 5) is 12.4. The molecule has 29 heavy (non-hydrogen) atoms. The molecule has 0 saturated carbocycles. The summed E-state index contributed by atoms with van der Waals surface area (Å²) in [7, 11) is 0. The third-order valence-electron chi connectivity index (χ3n) is 4.16. The quantitative estimate of drug-likeness (QED) is 0.379. The number of aryl methyl sites for hydroxylation is 1. The Labute approximate surface area is 178 Å². The van der Waals surface area contributed by atoms with Gasteiger partial charge in [0.05, 0.1) is 0 Å². The molecule has 0 atom stereocenters. The maximum atomic E-state index is 12.4. The number of carbonyl (C=O) groups excluding carboxylic acids is 1. The second-order valence-electron chi connectivity index (χ2n) is 6.48. The van der Waals surface area contributed by atoms with E-state index < -0.39 is 5.91 Å². The van der Waals surface area contributed by atoms with Gasteiger partial charge in [0.2, 0.25) is 0 Å². The van der Waals surface area contributed by atoms with E-state index in [0.717, 1.165) is 21.3 Å². The Kier molecular flexibility index (Phi) is 6.83. The monoisotopic (exact) mass is 446 g/mol. The van der Waals surface area contributed by atoms with Gasteiger partial charge in [-0.1, -0.05) is 64.0 Å². The van der Waals surface area contributed by atoms with Crippen LogP contribution in [-0.2, 0) is 11.4 Å². The maximum Gasteiger partial charge on any atom is 0.266 e. The summed E-state index contributed by atoms with van der Waals surface area (Å²) < 4.78 is 6.63. The first-order valence-electron chi connectivity index (χ1n) is 9.00. The number of carbonyl (C=O) groups is 1. The van der Waals surface area contributed by atoms with Crippen molar-refractivity contribution in [1.29, 1.82) is 5.26 Å². The predicted octanol–water partition coefficient (Wildman–Crippen LogP) is 5.88. The van der Waals surface area contributed by atoms with E-state index in [4.69, 9.17) is 4.74 Å². The minimum atomic E-state index is -0.453. The molecule has 0 heterocycles. The molecule has 1 amide bonds. The Balaban J connectivity index is 1.64. The van der Waals surface area contributed by atoms with Crippen LogP contribution in [0.4, 0.5) is 5.69 Å². The molecule has 0 saturated heterocycles. The zero-order chi connectivity index (χ0) is 20.6. The minimum absolute atomic E-state index is 0.0262. The maximum absolute atomic E-state index is 12.4. The molecule has 0 fully saturated rings. The van der Waals surface area contributed by atoms with Gasteiger partial charge in [0.1, 0.15) is 24.0 Å². The van der Waals surface area contributed by atoms with E-state index in [0.29, 0.717) is 12.3 Å². The standard InChI is InChI=1S/C24H19BrN2O2/c1-17-5-7-19(8-6-17)16-29-23-11-9-18(10-12-23)13-20(15-26)24(28)27-22-4-2-3-21(25)14-22/h2-14H,16H2,1H3,(H,27,28)/b20-13-. The van der Waals surface area contributed by atoms with Crippen LogP contribution in [0.5, 0.6) is 5.75 Å².